The first-order valence-electron chi connectivity index (χ1n) is 9.26. The number of hydrogen-bond donors (Lipinski definition) is 2. The van der Waals surface area contributed by atoms with Crippen molar-refractivity contribution in [3.8, 4) is 0 Å². The topological polar surface area (TPSA) is 78.5 Å². The van der Waals surface area contributed by atoms with Crippen molar-refractivity contribution in [3.63, 3.8) is 0 Å². The molecule has 2 N–H and O–H groups in total. The van der Waals surface area contributed by atoms with E-state index in [4.69, 9.17) is 12.2 Å². The van der Waals surface area contributed by atoms with Gasteiger partial charge in [0.2, 0.25) is 5.91 Å². The maximum Gasteiger partial charge on any atom is 0.269 e. The number of thioether (sulfide) groups is 1. The summed E-state index contributed by atoms with van der Waals surface area (Å²) in [7, 11) is 0. The number of carbonyl (C=O) groups excluding carboxylic acids is 3. The number of amides is 3. The Morgan fingerprint density at radius 3 is 2.48 bits per heavy atom. The summed E-state index contributed by atoms with van der Waals surface area (Å²) < 4.78 is 13.3. The Kier molecular flexibility index (Phi) is 7.69. The summed E-state index contributed by atoms with van der Waals surface area (Å²) in [5.74, 6) is -1.80. The Hall–Kier alpha value is -3.30. The van der Waals surface area contributed by atoms with E-state index in [1.165, 1.54) is 28.8 Å². The Morgan fingerprint density at radius 1 is 1.06 bits per heavy atom. The summed E-state index contributed by atoms with van der Waals surface area (Å²) in [4.78, 5) is 38.3. The zero-order valence-corrected chi connectivity index (χ0v) is 17.8. The first-order valence-corrected chi connectivity index (χ1v) is 10.5. The highest BCUT2D eigenvalue weighted by Gasteiger charge is 2.31. The summed E-state index contributed by atoms with van der Waals surface area (Å²) in [5.41, 5.74) is 5.72. The highest BCUT2D eigenvalue weighted by molar-refractivity contribution is 8.26. The molecule has 2 aromatic carbocycles. The van der Waals surface area contributed by atoms with Gasteiger partial charge in [-0.15, -0.1) is 0 Å². The zero-order valence-electron chi connectivity index (χ0n) is 16.2. The van der Waals surface area contributed by atoms with Gasteiger partial charge in [-0.25, -0.2) is 4.39 Å². The Bertz CT molecular complexity index is 1050. The molecule has 6 nitrogen and oxygen atoms in total. The molecular weight excluding hydrogens is 437 g/mol. The van der Waals surface area contributed by atoms with Crippen molar-refractivity contribution in [2.24, 2.45) is 0 Å². The van der Waals surface area contributed by atoms with E-state index in [1.54, 1.807) is 12.2 Å². The molecule has 0 radical (unpaired) electrons. The van der Waals surface area contributed by atoms with Gasteiger partial charge in [-0.3, -0.25) is 30.1 Å². The number of benzene rings is 2. The minimum atomic E-state index is -0.577. The van der Waals surface area contributed by atoms with Gasteiger partial charge >= 0.3 is 0 Å². The van der Waals surface area contributed by atoms with Crippen LogP contribution in [0, 0.1) is 5.82 Å². The van der Waals surface area contributed by atoms with Crippen molar-refractivity contribution >= 4 is 52.1 Å². The number of thiocarbonyl (C=S) groups is 1. The lowest BCUT2D eigenvalue weighted by atomic mass is 10.2. The molecule has 0 aliphatic carbocycles. The molecule has 2 aromatic rings. The number of allylic oxidation sites excluding steroid dienone is 2. The van der Waals surface area contributed by atoms with Crippen LogP contribution in [0.4, 0.5) is 4.39 Å². The number of carbonyl (C=O) groups is 3. The SMILES string of the molecule is O=C(CCN1C(=O)C(=CC=Cc2ccccc2)SC1=S)NNC(=O)c1ccc(F)cc1. The predicted molar refractivity (Wildman–Crippen MR) is 122 cm³/mol. The summed E-state index contributed by atoms with van der Waals surface area (Å²) in [6.07, 6.45) is 5.29. The smallest absolute Gasteiger partial charge is 0.269 e. The maximum atomic E-state index is 12.9. The van der Waals surface area contributed by atoms with E-state index in [9.17, 15) is 18.8 Å². The van der Waals surface area contributed by atoms with E-state index in [0.717, 1.165) is 17.7 Å². The molecule has 1 aliphatic rings. The number of halogens is 1. The van der Waals surface area contributed by atoms with Crippen molar-refractivity contribution in [2.45, 2.75) is 6.42 Å². The lowest BCUT2D eigenvalue weighted by Crippen LogP contribution is -2.43. The quantitative estimate of drug-likeness (QED) is 0.396. The van der Waals surface area contributed by atoms with Crippen molar-refractivity contribution in [3.05, 3.63) is 88.6 Å². The third-order valence-electron chi connectivity index (χ3n) is 4.19. The molecule has 31 heavy (non-hydrogen) atoms. The molecule has 3 rings (SSSR count). The molecule has 1 fully saturated rings. The lowest BCUT2D eigenvalue weighted by Gasteiger charge is -2.14. The molecule has 0 unspecified atom stereocenters. The molecule has 0 aromatic heterocycles. The molecule has 1 saturated heterocycles. The second kappa shape index (κ2) is 10.6. The largest absolute Gasteiger partial charge is 0.292 e. The second-order valence-electron chi connectivity index (χ2n) is 6.38. The van der Waals surface area contributed by atoms with Crippen LogP contribution in [-0.4, -0.2) is 33.5 Å². The van der Waals surface area contributed by atoms with E-state index in [2.05, 4.69) is 10.9 Å². The van der Waals surface area contributed by atoms with Crippen LogP contribution in [0.25, 0.3) is 6.08 Å². The van der Waals surface area contributed by atoms with Crippen molar-refractivity contribution in [1.82, 2.24) is 15.8 Å². The van der Waals surface area contributed by atoms with Crippen molar-refractivity contribution in [1.29, 1.82) is 0 Å². The average molecular weight is 456 g/mol. The minimum absolute atomic E-state index is 0.0523. The van der Waals surface area contributed by atoms with Crippen LogP contribution in [0.3, 0.4) is 0 Å². The third-order valence-corrected chi connectivity index (χ3v) is 5.59. The maximum absolute atomic E-state index is 12.9. The van der Waals surface area contributed by atoms with Gasteiger partial charge in [0, 0.05) is 18.5 Å². The molecule has 9 heteroatoms. The molecule has 1 aliphatic heterocycles. The van der Waals surface area contributed by atoms with Gasteiger partial charge in [-0.2, -0.15) is 0 Å². The van der Waals surface area contributed by atoms with E-state index in [1.807, 2.05) is 36.4 Å². The van der Waals surface area contributed by atoms with Crippen molar-refractivity contribution in [2.75, 3.05) is 6.54 Å². The molecule has 3 amide bonds. The van der Waals surface area contributed by atoms with Crippen LogP contribution in [0.2, 0.25) is 0 Å². The van der Waals surface area contributed by atoms with Gasteiger partial charge in [0.05, 0.1) is 4.91 Å². The van der Waals surface area contributed by atoms with E-state index < -0.39 is 17.6 Å². The summed E-state index contributed by atoms with van der Waals surface area (Å²) in [5, 5.41) is 0. The predicted octanol–water partition coefficient (Wildman–Crippen LogP) is 3.43. The molecular formula is C22H18FN3O3S2. The van der Waals surface area contributed by atoms with Gasteiger partial charge in [0.25, 0.3) is 11.8 Å². The standard InChI is InChI=1S/C22H18FN3O3S2/c23-17-11-9-16(10-12-17)20(28)25-24-19(27)13-14-26-21(29)18(31-22(26)30)8-4-7-15-5-2-1-3-6-15/h1-12H,13-14H2,(H,24,27)(H,25,28). The number of hydrogen-bond acceptors (Lipinski definition) is 5. The van der Waals surface area contributed by atoms with E-state index >= 15 is 0 Å². The van der Waals surface area contributed by atoms with Crippen LogP contribution < -0.4 is 10.9 Å². The fraction of sp³-hybridized carbons (Fsp3) is 0.0909. The number of nitrogens with zero attached hydrogens (tertiary/aromatic N) is 1. The average Bonchev–Trinajstić information content (AvgIpc) is 3.04. The van der Waals surface area contributed by atoms with Gasteiger partial charge in [0.15, 0.2) is 0 Å². The molecule has 0 saturated carbocycles. The van der Waals surface area contributed by atoms with Crippen LogP contribution >= 0.6 is 24.0 Å². The van der Waals surface area contributed by atoms with Gasteiger partial charge in [0.1, 0.15) is 10.1 Å². The molecule has 1 heterocycles. The normalized spacial score (nSPS) is 15.0. The molecule has 0 spiro atoms. The fourth-order valence-corrected chi connectivity index (χ4v) is 3.85. The summed E-state index contributed by atoms with van der Waals surface area (Å²) in [6, 6.07) is 14.6. The van der Waals surface area contributed by atoms with Crippen LogP contribution in [0.15, 0.2) is 71.7 Å². The molecule has 0 atom stereocenters. The van der Waals surface area contributed by atoms with Gasteiger partial charge < -0.3 is 0 Å². The number of rotatable bonds is 6. The summed E-state index contributed by atoms with van der Waals surface area (Å²) in [6.45, 7) is 0.0860. The third kappa shape index (κ3) is 6.34. The van der Waals surface area contributed by atoms with Crippen LogP contribution in [-0.2, 0) is 9.59 Å². The molecule has 158 valence electrons. The first-order chi connectivity index (χ1) is 14.9. The Morgan fingerprint density at radius 2 is 1.77 bits per heavy atom. The number of hydrazine groups is 1. The zero-order chi connectivity index (χ0) is 22.2. The van der Waals surface area contributed by atoms with E-state index in [0.29, 0.717) is 9.23 Å². The van der Waals surface area contributed by atoms with Gasteiger partial charge in [-0.1, -0.05) is 66.5 Å². The minimum Gasteiger partial charge on any atom is -0.292 e. The van der Waals surface area contributed by atoms with Crippen LogP contribution in [0.1, 0.15) is 22.3 Å². The highest BCUT2D eigenvalue weighted by atomic mass is 32.2. The first kappa shape index (κ1) is 22.4. The van der Waals surface area contributed by atoms with Gasteiger partial charge in [-0.05, 0) is 35.9 Å². The fourth-order valence-electron chi connectivity index (χ4n) is 2.59. The summed E-state index contributed by atoms with van der Waals surface area (Å²) >= 11 is 6.41. The Labute approximate surface area is 188 Å². The molecule has 0 bridgehead atoms. The lowest BCUT2D eigenvalue weighted by molar-refractivity contribution is -0.124. The monoisotopic (exact) mass is 455 g/mol. The highest BCUT2D eigenvalue weighted by Crippen LogP contribution is 2.31. The van der Waals surface area contributed by atoms with Crippen LogP contribution in [0.5, 0.6) is 0 Å². The Balaban J connectivity index is 1.47. The van der Waals surface area contributed by atoms with Crippen molar-refractivity contribution < 1.29 is 18.8 Å². The second-order valence-corrected chi connectivity index (χ2v) is 8.06. The van der Waals surface area contributed by atoms with E-state index in [-0.39, 0.29) is 24.4 Å². The number of nitrogens with one attached hydrogen (secondary N) is 2.